The maximum Gasteiger partial charge on any atom is 0.234 e. The van der Waals surface area contributed by atoms with E-state index in [9.17, 15) is 9.59 Å². The number of amides is 2. The zero-order valence-corrected chi connectivity index (χ0v) is 16.7. The minimum Gasteiger partial charge on any atom is -0.338 e. The molecule has 1 N–H and O–H groups in total. The lowest BCUT2D eigenvalue weighted by molar-refractivity contribution is -0.128. The van der Waals surface area contributed by atoms with Crippen LogP contribution in [0.3, 0.4) is 0 Å². The van der Waals surface area contributed by atoms with Crippen molar-refractivity contribution in [2.24, 2.45) is 0 Å². The quantitative estimate of drug-likeness (QED) is 0.755. The van der Waals surface area contributed by atoms with E-state index >= 15 is 0 Å². The third-order valence-corrected chi connectivity index (χ3v) is 5.29. The van der Waals surface area contributed by atoms with Gasteiger partial charge in [-0.2, -0.15) is 0 Å². The molecule has 2 amide bonds. The van der Waals surface area contributed by atoms with Crippen LogP contribution in [0.15, 0.2) is 48.5 Å². The molecule has 0 spiro atoms. The molecule has 2 aromatic rings. The van der Waals surface area contributed by atoms with Gasteiger partial charge in [0.2, 0.25) is 11.8 Å². The van der Waals surface area contributed by atoms with Crippen molar-refractivity contribution in [2.45, 2.75) is 19.9 Å². The van der Waals surface area contributed by atoms with Crippen LogP contribution in [-0.4, -0.2) is 35.3 Å². The summed E-state index contributed by atoms with van der Waals surface area (Å²) in [6.07, 6.45) is 0. The number of benzene rings is 2. The Labute approximate surface area is 163 Å². The molecule has 0 aromatic heterocycles. The van der Waals surface area contributed by atoms with Crippen LogP contribution in [0.2, 0.25) is 5.02 Å². The summed E-state index contributed by atoms with van der Waals surface area (Å²) in [5, 5.41) is 3.50. The molecule has 0 radical (unpaired) electrons. The molecule has 0 saturated heterocycles. The third-order valence-electron chi connectivity index (χ3n) is 4.12. The van der Waals surface area contributed by atoms with Gasteiger partial charge in [-0.15, -0.1) is 11.8 Å². The number of nitrogens with zero attached hydrogens (tertiary/aromatic N) is 1. The number of anilines is 1. The molecule has 2 aromatic carbocycles. The van der Waals surface area contributed by atoms with Gasteiger partial charge in [-0.05, 0) is 43.7 Å². The van der Waals surface area contributed by atoms with Crippen LogP contribution in [0.1, 0.15) is 24.1 Å². The molecule has 0 heterocycles. The molecule has 2 rings (SSSR count). The summed E-state index contributed by atoms with van der Waals surface area (Å²) in [6.45, 7) is 3.96. The SMILES string of the molecule is Cc1ccc(NC(=O)CSCC(=O)N(C)C(C)c2ccc(Cl)cc2)cc1. The molecule has 138 valence electrons. The summed E-state index contributed by atoms with van der Waals surface area (Å²) >= 11 is 7.21. The van der Waals surface area contributed by atoms with Gasteiger partial charge in [-0.1, -0.05) is 41.4 Å². The Morgan fingerprint density at radius 1 is 1.08 bits per heavy atom. The summed E-state index contributed by atoms with van der Waals surface area (Å²) in [5.41, 5.74) is 2.93. The zero-order valence-electron chi connectivity index (χ0n) is 15.2. The minimum absolute atomic E-state index is 0.0133. The molecule has 1 unspecified atom stereocenters. The molecule has 26 heavy (non-hydrogen) atoms. The molecule has 0 saturated carbocycles. The molecular formula is C20H23ClN2O2S. The Kier molecular flexibility index (Phi) is 7.54. The second-order valence-electron chi connectivity index (χ2n) is 6.14. The van der Waals surface area contributed by atoms with Gasteiger partial charge in [0.25, 0.3) is 0 Å². The van der Waals surface area contributed by atoms with Gasteiger partial charge in [0.05, 0.1) is 17.5 Å². The number of halogens is 1. The van der Waals surface area contributed by atoms with Gasteiger partial charge in [0.15, 0.2) is 0 Å². The van der Waals surface area contributed by atoms with E-state index in [0.29, 0.717) is 5.02 Å². The molecule has 4 nitrogen and oxygen atoms in total. The number of aryl methyl sites for hydroxylation is 1. The van der Waals surface area contributed by atoms with Crippen molar-refractivity contribution < 1.29 is 9.59 Å². The summed E-state index contributed by atoms with van der Waals surface area (Å²) in [7, 11) is 1.77. The highest BCUT2D eigenvalue weighted by molar-refractivity contribution is 8.00. The smallest absolute Gasteiger partial charge is 0.234 e. The summed E-state index contributed by atoms with van der Waals surface area (Å²) in [4.78, 5) is 26.0. The highest BCUT2D eigenvalue weighted by atomic mass is 35.5. The van der Waals surface area contributed by atoms with Crippen LogP contribution < -0.4 is 5.32 Å². The van der Waals surface area contributed by atoms with Crippen LogP contribution in [0.5, 0.6) is 0 Å². The van der Waals surface area contributed by atoms with Crippen molar-refractivity contribution in [1.29, 1.82) is 0 Å². The molecule has 0 aliphatic heterocycles. The minimum atomic E-state index is -0.111. The van der Waals surface area contributed by atoms with E-state index in [4.69, 9.17) is 11.6 Å². The van der Waals surface area contributed by atoms with Gasteiger partial charge in [0.1, 0.15) is 0 Å². The molecule has 1 atom stereocenters. The first kappa shape index (κ1) is 20.3. The van der Waals surface area contributed by atoms with Crippen LogP contribution in [0.25, 0.3) is 0 Å². The third kappa shape index (κ3) is 6.07. The van der Waals surface area contributed by atoms with Crippen molar-refractivity contribution in [1.82, 2.24) is 4.90 Å². The van der Waals surface area contributed by atoms with E-state index in [1.165, 1.54) is 11.8 Å². The van der Waals surface area contributed by atoms with Crippen LogP contribution >= 0.6 is 23.4 Å². The topological polar surface area (TPSA) is 49.4 Å². The molecule has 0 aliphatic carbocycles. The Morgan fingerprint density at radius 3 is 2.31 bits per heavy atom. The molecule has 6 heteroatoms. The molecule has 0 bridgehead atoms. The van der Waals surface area contributed by atoms with E-state index in [1.54, 1.807) is 11.9 Å². The van der Waals surface area contributed by atoms with E-state index in [-0.39, 0.29) is 29.4 Å². The Hall–Kier alpha value is -1.98. The highest BCUT2D eigenvalue weighted by Gasteiger charge is 2.17. The monoisotopic (exact) mass is 390 g/mol. The fourth-order valence-corrected chi connectivity index (χ4v) is 3.21. The molecule has 0 aliphatic rings. The lowest BCUT2D eigenvalue weighted by Crippen LogP contribution is -2.31. The lowest BCUT2D eigenvalue weighted by atomic mass is 10.1. The second kappa shape index (κ2) is 9.64. The Morgan fingerprint density at radius 2 is 1.69 bits per heavy atom. The number of hydrogen-bond donors (Lipinski definition) is 1. The zero-order chi connectivity index (χ0) is 19.1. The van der Waals surface area contributed by atoms with E-state index in [2.05, 4.69) is 5.32 Å². The van der Waals surface area contributed by atoms with Crippen molar-refractivity contribution in [2.75, 3.05) is 23.9 Å². The standard InChI is InChI=1S/C20H23ClN2O2S/c1-14-4-10-18(11-5-14)22-19(24)12-26-13-20(25)23(3)15(2)16-6-8-17(21)9-7-16/h4-11,15H,12-13H2,1-3H3,(H,22,24). The molecular weight excluding hydrogens is 368 g/mol. The fourth-order valence-electron chi connectivity index (χ4n) is 2.35. The van der Waals surface area contributed by atoms with Gasteiger partial charge < -0.3 is 10.2 Å². The fraction of sp³-hybridized carbons (Fsp3) is 0.300. The Balaban J connectivity index is 1.77. The summed E-state index contributed by atoms with van der Waals surface area (Å²) in [6, 6.07) is 15.0. The number of thioether (sulfide) groups is 1. The number of rotatable bonds is 7. The summed E-state index contributed by atoms with van der Waals surface area (Å²) in [5.74, 6) is 0.374. The van der Waals surface area contributed by atoms with Crippen molar-refractivity contribution >= 4 is 40.9 Å². The van der Waals surface area contributed by atoms with Crippen LogP contribution in [0.4, 0.5) is 5.69 Å². The van der Waals surface area contributed by atoms with Crippen LogP contribution in [-0.2, 0) is 9.59 Å². The average Bonchev–Trinajstić information content (AvgIpc) is 2.63. The largest absolute Gasteiger partial charge is 0.338 e. The lowest BCUT2D eigenvalue weighted by Gasteiger charge is -2.25. The van der Waals surface area contributed by atoms with Crippen LogP contribution in [0, 0.1) is 6.92 Å². The Bertz CT molecular complexity index is 747. The van der Waals surface area contributed by atoms with E-state index < -0.39 is 0 Å². The highest BCUT2D eigenvalue weighted by Crippen LogP contribution is 2.21. The number of nitrogens with one attached hydrogen (secondary N) is 1. The first-order valence-corrected chi connectivity index (χ1v) is 9.85. The number of carbonyl (C=O) groups excluding carboxylic acids is 2. The normalized spacial score (nSPS) is 11.7. The number of hydrogen-bond acceptors (Lipinski definition) is 3. The van der Waals surface area contributed by atoms with Crippen molar-refractivity contribution in [3.8, 4) is 0 Å². The van der Waals surface area contributed by atoms with Gasteiger partial charge in [0, 0.05) is 17.8 Å². The van der Waals surface area contributed by atoms with Crippen molar-refractivity contribution in [3.63, 3.8) is 0 Å². The maximum atomic E-state index is 12.3. The first-order chi connectivity index (χ1) is 12.4. The summed E-state index contributed by atoms with van der Waals surface area (Å²) < 4.78 is 0. The molecule has 0 fully saturated rings. The second-order valence-corrected chi connectivity index (χ2v) is 7.56. The van der Waals surface area contributed by atoms with Crippen molar-refractivity contribution in [3.05, 3.63) is 64.7 Å². The number of carbonyl (C=O) groups is 2. The van der Waals surface area contributed by atoms with E-state index in [0.717, 1.165) is 16.8 Å². The average molecular weight is 391 g/mol. The maximum absolute atomic E-state index is 12.3. The first-order valence-electron chi connectivity index (χ1n) is 8.32. The van der Waals surface area contributed by atoms with Gasteiger partial charge in [-0.25, -0.2) is 0 Å². The predicted molar refractivity (Wildman–Crippen MR) is 110 cm³/mol. The van der Waals surface area contributed by atoms with Gasteiger partial charge in [-0.3, -0.25) is 9.59 Å². The van der Waals surface area contributed by atoms with Gasteiger partial charge >= 0.3 is 0 Å². The predicted octanol–water partition coefficient (Wildman–Crippen LogP) is 4.54. The van der Waals surface area contributed by atoms with E-state index in [1.807, 2.05) is 62.4 Å².